The normalized spacial score (nSPS) is 23.1. The molecule has 0 aromatic heterocycles. The molecule has 1 heteroatoms. The summed E-state index contributed by atoms with van der Waals surface area (Å²) in [5.74, 6) is 0.571. The highest BCUT2D eigenvalue weighted by Crippen LogP contribution is 2.49. The molecule has 0 N–H and O–H groups in total. The molecule has 1 aromatic carbocycles. The van der Waals surface area contributed by atoms with Crippen molar-refractivity contribution in [2.24, 2.45) is 5.41 Å². The van der Waals surface area contributed by atoms with E-state index in [9.17, 15) is 0 Å². The lowest BCUT2D eigenvalue weighted by molar-refractivity contribution is -0.512. The Bertz CT molecular complexity index is 586. The molecule has 1 saturated carbocycles. The van der Waals surface area contributed by atoms with Gasteiger partial charge in [-0.2, -0.15) is 4.58 Å². The predicted octanol–water partition coefficient (Wildman–Crippen LogP) is 5.97. The second kappa shape index (κ2) is 5.51. The van der Waals surface area contributed by atoms with E-state index in [0.29, 0.717) is 11.3 Å². The Balaban J connectivity index is 2.12. The van der Waals surface area contributed by atoms with E-state index in [1.807, 2.05) is 0 Å². The molecule has 2 aliphatic rings. The highest BCUT2D eigenvalue weighted by atomic mass is 15.1. The average molecular weight is 298 g/mol. The molecule has 0 unspecified atom stereocenters. The third kappa shape index (κ3) is 2.64. The lowest BCUT2D eigenvalue weighted by Gasteiger charge is -2.29. The van der Waals surface area contributed by atoms with Crippen LogP contribution in [0.5, 0.6) is 0 Å². The average Bonchev–Trinajstić information content (AvgIpc) is 2.69. The number of para-hydroxylation sites is 1. The first-order chi connectivity index (χ1) is 10.3. The zero-order chi connectivity index (χ0) is 16.0. The molecular formula is C21H32N+. The molecule has 22 heavy (non-hydrogen) atoms. The molecule has 0 radical (unpaired) electrons. The van der Waals surface area contributed by atoms with Crippen LogP contribution in [0.25, 0.3) is 0 Å². The van der Waals surface area contributed by atoms with E-state index in [4.69, 9.17) is 0 Å². The molecule has 1 fully saturated rings. The van der Waals surface area contributed by atoms with E-state index < -0.39 is 0 Å². The fraction of sp³-hybridized carbons (Fsp3) is 0.667. The Morgan fingerprint density at radius 1 is 1.05 bits per heavy atom. The van der Waals surface area contributed by atoms with Crippen LogP contribution in [0.1, 0.15) is 83.3 Å². The van der Waals surface area contributed by atoms with Crippen LogP contribution in [-0.2, 0) is 0 Å². The zero-order valence-electron chi connectivity index (χ0n) is 15.1. The van der Waals surface area contributed by atoms with Gasteiger partial charge in [-0.3, -0.25) is 0 Å². The van der Waals surface area contributed by atoms with Crippen LogP contribution in [0.15, 0.2) is 18.2 Å². The van der Waals surface area contributed by atoms with Gasteiger partial charge >= 0.3 is 0 Å². The smallest absolute Gasteiger partial charge is 0.197 e. The van der Waals surface area contributed by atoms with Crippen LogP contribution in [0.2, 0.25) is 0 Å². The van der Waals surface area contributed by atoms with E-state index in [-0.39, 0.29) is 5.54 Å². The maximum absolute atomic E-state index is 2.64. The summed E-state index contributed by atoms with van der Waals surface area (Å²) in [5.41, 5.74) is 5.08. The van der Waals surface area contributed by atoms with Gasteiger partial charge in [-0.15, -0.1) is 0 Å². The minimum Gasteiger partial charge on any atom is -0.197 e. The van der Waals surface area contributed by atoms with Gasteiger partial charge in [0.25, 0.3) is 0 Å². The third-order valence-electron chi connectivity index (χ3n) is 5.82. The fourth-order valence-corrected chi connectivity index (χ4v) is 4.85. The van der Waals surface area contributed by atoms with E-state index >= 15 is 0 Å². The maximum atomic E-state index is 2.64. The quantitative estimate of drug-likeness (QED) is 0.592. The van der Waals surface area contributed by atoms with Crippen molar-refractivity contribution in [2.45, 2.75) is 84.6 Å². The SMILES string of the molecule is Cc1cccc(C(C)C)c1[N+]1=CC2(CCCCC2)CC1(C)C. The number of benzene rings is 1. The van der Waals surface area contributed by atoms with Crippen LogP contribution in [0, 0.1) is 12.3 Å². The molecule has 0 saturated heterocycles. The lowest BCUT2D eigenvalue weighted by atomic mass is 9.71. The maximum Gasteiger partial charge on any atom is 0.211 e. The lowest BCUT2D eigenvalue weighted by Crippen LogP contribution is -2.31. The fourth-order valence-electron chi connectivity index (χ4n) is 4.85. The van der Waals surface area contributed by atoms with Crippen molar-refractivity contribution in [3.63, 3.8) is 0 Å². The molecule has 0 bridgehead atoms. The number of hydrogen-bond donors (Lipinski definition) is 0. The second-order valence-electron chi connectivity index (χ2n) is 8.58. The van der Waals surface area contributed by atoms with Gasteiger partial charge in [0.15, 0.2) is 11.8 Å². The van der Waals surface area contributed by atoms with Crippen molar-refractivity contribution in [2.75, 3.05) is 0 Å². The minimum atomic E-state index is 0.229. The third-order valence-corrected chi connectivity index (χ3v) is 5.82. The van der Waals surface area contributed by atoms with Crippen molar-refractivity contribution >= 4 is 11.9 Å². The Labute approximate surface area is 136 Å². The van der Waals surface area contributed by atoms with Gasteiger partial charge in [-0.1, -0.05) is 51.3 Å². The number of aryl methyl sites for hydroxylation is 1. The van der Waals surface area contributed by atoms with E-state index in [0.717, 1.165) is 0 Å². The monoisotopic (exact) mass is 298 g/mol. The molecular weight excluding hydrogens is 266 g/mol. The van der Waals surface area contributed by atoms with Gasteiger partial charge in [0.2, 0.25) is 5.69 Å². The first-order valence-corrected chi connectivity index (χ1v) is 9.10. The molecule has 120 valence electrons. The summed E-state index contributed by atoms with van der Waals surface area (Å²) < 4.78 is 2.64. The molecule has 1 nitrogen and oxygen atoms in total. The molecule has 1 aromatic rings. The van der Waals surface area contributed by atoms with Crippen LogP contribution in [-0.4, -0.2) is 16.3 Å². The summed E-state index contributed by atoms with van der Waals surface area (Å²) in [6.45, 7) is 11.8. The van der Waals surface area contributed by atoms with Crippen molar-refractivity contribution < 1.29 is 4.58 Å². The van der Waals surface area contributed by atoms with Gasteiger partial charge in [-0.05, 0) is 25.7 Å². The van der Waals surface area contributed by atoms with Gasteiger partial charge in [0.1, 0.15) is 0 Å². The van der Waals surface area contributed by atoms with E-state index in [2.05, 4.69) is 63.6 Å². The molecule has 1 aliphatic carbocycles. The zero-order valence-corrected chi connectivity index (χ0v) is 15.1. The molecule has 3 rings (SSSR count). The molecule has 1 aliphatic heterocycles. The summed E-state index contributed by atoms with van der Waals surface area (Å²) in [6, 6.07) is 6.81. The highest BCUT2D eigenvalue weighted by molar-refractivity contribution is 5.67. The van der Waals surface area contributed by atoms with E-state index in [1.165, 1.54) is 55.3 Å². The summed E-state index contributed by atoms with van der Waals surface area (Å²) >= 11 is 0. The second-order valence-corrected chi connectivity index (χ2v) is 8.58. The molecule has 0 atom stereocenters. The van der Waals surface area contributed by atoms with Crippen molar-refractivity contribution in [1.29, 1.82) is 0 Å². The van der Waals surface area contributed by atoms with Gasteiger partial charge in [0, 0.05) is 31.4 Å². The van der Waals surface area contributed by atoms with Crippen LogP contribution in [0.3, 0.4) is 0 Å². The van der Waals surface area contributed by atoms with E-state index in [1.54, 1.807) is 0 Å². The minimum absolute atomic E-state index is 0.229. The van der Waals surface area contributed by atoms with Gasteiger partial charge in [-0.25, -0.2) is 0 Å². The number of nitrogens with zero attached hydrogens (tertiary/aromatic N) is 1. The first-order valence-electron chi connectivity index (χ1n) is 9.10. The van der Waals surface area contributed by atoms with Crippen molar-refractivity contribution in [3.05, 3.63) is 29.3 Å². The summed E-state index contributed by atoms with van der Waals surface area (Å²) in [5, 5.41) is 0. The Morgan fingerprint density at radius 2 is 1.73 bits per heavy atom. The Morgan fingerprint density at radius 3 is 2.36 bits per heavy atom. The standard InChI is InChI=1S/C21H32N/c1-16(2)18-11-9-10-17(3)19(18)22-15-21(14-20(22,4)5)12-7-6-8-13-21/h9-11,15-16H,6-8,12-14H2,1-5H3/q+1. The summed E-state index contributed by atoms with van der Waals surface area (Å²) in [4.78, 5) is 0. The molecule has 1 heterocycles. The largest absolute Gasteiger partial charge is 0.211 e. The van der Waals surface area contributed by atoms with Gasteiger partial charge in [0.05, 0.1) is 5.41 Å². The summed E-state index contributed by atoms with van der Waals surface area (Å²) in [7, 11) is 0. The molecule has 1 spiro atoms. The first kappa shape index (κ1) is 15.8. The van der Waals surface area contributed by atoms with Crippen LogP contribution in [0.4, 0.5) is 5.69 Å². The Hall–Kier alpha value is -1.11. The van der Waals surface area contributed by atoms with Gasteiger partial charge < -0.3 is 0 Å². The van der Waals surface area contributed by atoms with Crippen molar-refractivity contribution in [1.82, 2.24) is 0 Å². The number of rotatable bonds is 2. The highest BCUT2D eigenvalue weighted by Gasteiger charge is 2.51. The number of hydrogen-bond acceptors (Lipinski definition) is 0. The Kier molecular flexibility index (Phi) is 3.95. The predicted molar refractivity (Wildman–Crippen MR) is 95.5 cm³/mol. The van der Waals surface area contributed by atoms with Crippen molar-refractivity contribution in [3.8, 4) is 0 Å². The molecule has 0 amide bonds. The summed E-state index contributed by atoms with van der Waals surface area (Å²) in [6.07, 6.45) is 11.0. The van der Waals surface area contributed by atoms with Crippen LogP contribution < -0.4 is 0 Å². The van der Waals surface area contributed by atoms with Crippen LogP contribution >= 0.6 is 0 Å². The topological polar surface area (TPSA) is 3.01 Å².